The van der Waals surface area contributed by atoms with E-state index in [1.165, 1.54) is 7.11 Å². The zero-order chi connectivity index (χ0) is 18.0. The van der Waals surface area contributed by atoms with E-state index in [1.54, 1.807) is 36.5 Å². The van der Waals surface area contributed by atoms with Gasteiger partial charge in [0, 0.05) is 6.20 Å². The Morgan fingerprint density at radius 3 is 2.56 bits per heavy atom. The number of esters is 1. The summed E-state index contributed by atoms with van der Waals surface area (Å²) in [6.45, 7) is 0. The van der Waals surface area contributed by atoms with E-state index in [2.05, 4.69) is 9.72 Å². The number of ether oxygens (including phenoxy) is 2. The van der Waals surface area contributed by atoms with Crippen molar-refractivity contribution in [2.75, 3.05) is 12.8 Å². The number of nitrogen functional groups attached to an aromatic ring is 1. The number of primary amides is 1. The summed E-state index contributed by atoms with van der Waals surface area (Å²) in [6.07, 6.45) is 1.76. The van der Waals surface area contributed by atoms with Crippen LogP contribution in [0.25, 0.3) is 10.2 Å². The number of pyridine rings is 1. The quantitative estimate of drug-likeness (QED) is 0.677. The van der Waals surface area contributed by atoms with Crippen molar-refractivity contribution in [3.8, 4) is 11.5 Å². The van der Waals surface area contributed by atoms with Gasteiger partial charge in [-0.15, -0.1) is 11.3 Å². The molecule has 2 aromatic heterocycles. The molecule has 0 aliphatic heterocycles. The minimum Gasteiger partial charge on any atom is -0.469 e. The lowest BCUT2D eigenvalue weighted by molar-refractivity contribution is -0.139. The monoisotopic (exact) mass is 357 g/mol. The van der Waals surface area contributed by atoms with Crippen molar-refractivity contribution in [3.05, 3.63) is 47.0 Å². The molecule has 4 N–H and O–H groups in total. The maximum Gasteiger partial charge on any atom is 0.309 e. The standard InChI is InChI=1S/C17H15N3O4S/c1-23-12(21)8-9-2-4-10(5-3-9)24-11-6-7-20-17-13(11)14(18)15(25-17)16(19)22/h2-7H,8,18H2,1H3,(H2,19,22). The van der Waals surface area contributed by atoms with Crippen molar-refractivity contribution in [1.29, 1.82) is 0 Å². The van der Waals surface area contributed by atoms with E-state index >= 15 is 0 Å². The lowest BCUT2D eigenvalue weighted by atomic mass is 10.1. The van der Waals surface area contributed by atoms with Crippen LogP contribution in [0.3, 0.4) is 0 Å². The largest absolute Gasteiger partial charge is 0.469 e. The average Bonchev–Trinajstić information content (AvgIpc) is 2.95. The number of carbonyl (C=O) groups excluding carboxylic acids is 2. The number of nitrogens with zero attached hydrogens (tertiary/aromatic N) is 1. The molecular formula is C17H15N3O4S. The number of nitrogens with two attached hydrogens (primary N) is 2. The van der Waals surface area contributed by atoms with Crippen LogP contribution in [0.15, 0.2) is 36.5 Å². The van der Waals surface area contributed by atoms with Gasteiger partial charge in [-0.25, -0.2) is 4.98 Å². The van der Waals surface area contributed by atoms with E-state index in [0.717, 1.165) is 16.9 Å². The second kappa shape index (κ2) is 6.78. The Hall–Kier alpha value is -3.13. The molecule has 0 spiro atoms. The van der Waals surface area contributed by atoms with Crippen LogP contribution in [-0.4, -0.2) is 24.0 Å². The molecule has 0 bridgehead atoms. The number of aromatic nitrogens is 1. The van der Waals surface area contributed by atoms with Crippen LogP contribution in [0.1, 0.15) is 15.2 Å². The molecule has 0 aliphatic carbocycles. The number of anilines is 1. The van der Waals surface area contributed by atoms with Crippen LogP contribution in [0, 0.1) is 0 Å². The molecule has 0 fully saturated rings. The predicted molar refractivity (Wildman–Crippen MR) is 94.8 cm³/mol. The van der Waals surface area contributed by atoms with Crippen molar-refractivity contribution in [3.63, 3.8) is 0 Å². The van der Waals surface area contributed by atoms with Crippen LogP contribution < -0.4 is 16.2 Å². The third-order valence-corrected chi connectivity index (χ3v) is 4.67. The van der Waals surface area contributed by atoms with E-state index in [9.17, 15) is 9.59 Å². The molecule has 128 valence electrons. The van der Waals surface area contributed by atoms with Crippen LogP contribution in [0.4, 0.5) is 5.69 Å². The van der Waals surface area contributed by atoms with Crippen molar-refractivity contribution >= 4 is 39.1 Å². The van der Waals surface area contributed by atoms with Crippen LogP contribution >= 0.6 is 11.3 Å². The lowest BCUT2D eigenvalue weighted by Gasteiger charge is -2.08. The SMILES string of the molecule is COC(=O)Cc1ccc(Oc2ccnc3sc(C(N)=O)c(N)c23)cc1. The summed E-state index contributed by atoms with van der Waals surface area (Å²) in [6, 6.07) is 8.69. The average molecular weight is 357 g/mol. The molecular weight excluding hydrogens is 342 g/mol. The molecule has 8 heteroatoms. The summed E-state index contributed by atoms with van der Waals surface area (Å²) >= 11 is 1.13. The van der Waals surface area contributed by atoms with E-state index in [-0.39, 0.29) is 23.0 Å². The Morgan fingerprint density at radius 2 is 1.92 bits per heavy atom. The number of hydrogen-bond acceptors (Lipinski definition) is 7. The second-order valence-electron chi connectivity index (χ2n) is 5.20. The number of fused-ring (bicyclic) bond motifs is 1. The zero-order valence-electron chi connectivity index (χ0n) is 13.3. The normalized spacial score (nSPS) is 10.6. The van der Waals surface area contributed by atoms with Gasteiger partial charge in [0.2, 0.25) is 0 Å². The van der Waals surface area contributed by atoms with Gasteiger partial charge >= 0.3 is 5.97 Å². The van der Waals surface area contributed by atoms with Gasteiger partial charge in [-0.1, -0.05) is 12.1 Å². The maximum absolute atomic E-state index is 11.5. The topological polar surface area (TPSA) is 118 Å². The summed E-state index contributed by atoms with van der Waals surface area (Å²) in [5.41, 5.74) is 12.4. The highest BCUT2D eigenvalue weighted by atomic mass is 32.1. The summed E-state index contributed by atoms with van der Waals surface area (Å²) in [4.78, 5) is 27.8. The zero-order valence-corrected chi connectivity index (χ0v) is 14.1. The number of rotatable bonds is 5. The first-order chi connectivity index (χ1) is 12.0. The molecule has 0 saturated heterocycles. The van der Waals surface area contributed by atoms with Crippen LogP contribution in [0.5, 0.6) is 11.5 Å². The molecule has 3 aromatic rings. The van der Waals surface area contributed by atoms with Crippen molar-refractivity contribution in [2.45, 2.75) is 6.42 Å². The first kappa shape index (κ1) is 16.7. The fourth-order valence-electron chi connectivity index (χ4n) is 2.33. The minimum atomic E-state index is -0.599. The minimum absolute atomic E-state index is 0.190. The van der Waals surface area contributed by atoms with Gasteiger partial charge in [0.1, 0.15) is 21.2 Å². The Balaban J connectivity index is 1.90. The Bertz CT molecular complexity index is 950. The van der Waals surface area contributed by atoms with Crippen molar-refractivity contribution < 1.29 is 19.1 Å². The van der Waals surface area contributed by atoms with E-state index < -0.39 is 5.91 Å². The highest BCUT2D eigenvalue weighted by molar-refractivity contribution is 7.21. The number of hydrogen-bond donors (Lipinski definition) is 2. The Morgan fingerprint density at radius 1 is 1.20 bits per heavy atom. The molecule has 7 nitrogen and oxygen atoms in total. The van der Waals surface area contributed by atoms with E-state index in [0.29, 0.717) is 21.7 Å². The fraction of sp³-hybridized carbons (Fsp3) is 0.118. The van der Waals surface area contributed by atoms with Gasteiger partial charge in [-0.2, -0.15) is 0 Å². The predicted octanol–water partition coefficient (Wildman–Crippen LogP) is 2.49. The number of carbonyl (C=O) groups is 2. The second-order valence-corrected chi connectivity index (χ2v) is 6.20. The van der Waals surface area contributed by atoms with Gasteiger partial charge in [0.25, 0.3) is 5.91 Å². The lowest BCUT2D eigenvalue weighted by Crippen LogP contribution is -2.10. The highest BCUT2D eigenvalue weighted by Crippen LogP contribution is 2.39. The highest BCUT2D eigenvalue weighted by Gasteiger charge is 2.18. The molecule has 0 unspecified atom stereocenters. The van der Waals surface area contributed by atoms with Crippen molar-refractivity contribution in [2.24, 2.45) is 5.73 Å². The maximum atomic E-state index is 11.5. The Kier molecular flexibility index (Phi) is 4.53. The van der Waals surface area contributed by atoms with Crippen LogP contribution in [0.2, 0.25) is 0 Å². The first-order valence-electron chi connectivity index (χ1n) is 7.30. The molecule has 0 aliphatic rings. The summed E-state index contributed by atoms with van der Waals surface area (Å²) in [5.74, 6) is 0.132. The third kappa shape index (κ3) is 3.38. The number of thiophene rings is 1. The van der Waals surface area contributed by atoms with E-state index in [4.69, 9.17) is 16.2 Å². The number of methoxy groups -OCH3 is 1. The summed E-state index contributed by atoms with van der Waals surface area (Å²) in [7, 11) is 1.35. The molecule has 2 heterocycles. The summed E-state index contributed by atoms with van der Waals surface area (Å²) < 4.78 is 10.5. The van der Waals surface area contributed by atoms with Gasteiger partial charge in [-0.05, 0) is 23.8 Å². The van der Waals surface area contributed by atoms with E-state index in [1.807, 2.05) is 0 Å². The van der Waals surface area contributed by atoms with Crippen LogP contribution in [-0.2, 0) is 16.0 Å². The molecule has 0 saturated carbocycles. The van der Waals surface area contributed by atoms with Crippen molar-refractivity contribution in [1.82, 2.24) is 4.98 Å². The summed E-state index contributed by atoms with van der Waals surface area (Å²) in [5, 5.41) is 0.555. The third-order valence-electron chi connectivity index (χ3n) is 3.54. The molecule has 0 radical (unpaired) electrons. The molecule has 25 heavy (non-hydrogen) atoms. The van der Waals surface area contributed by atoms with Gasteiger partial charge in [0.15, 0.2) is 0 Å². The molecule has 1 amide bonds. The molecule has 1 aromatic carbocycles. The van der Waals surface area contributed by atoms with Gasteiger partial charge in [-0.3, -0.25) is 9.59 Å². The van der Waals surface area contributed by atoms with Gasteiger partial charge < -0.3 is 20.9 Å². The Labute approximate surface area is 147 Å². The number of amides is 1. The first-order valence-corrected chi connectivity index (χ1v) is 8.11. The number of benzene rings is 1. The smallest absolute Gasteiger partial charge is 0.309 e. The van der Waals surface area contributed by atoms with Gasteiger partial charge in [0.05, 0.1) is 24.6 Å². The molecule has 3 rings (SSSR count). The molecule has 0 atom stereocenters. The fourth-order valence-corrected chi connectivity index (χ4v) is 3.26.